The van der Waals surface area contributed by atoms with Gasteiger partial charge in [-0.05, 0) is 54.8 Å². The highest BCUT2D eigenvalue weighted by molar-refractivity contribution is 7.15. The van der Waals surface area contributed by atoms with Crippen LogP contribution in [0.5, 0.6) is 5.75 Å². The Morgan fingerprint density at radius 2 is 2.06 bits per heavy atom. The van der Waals surface area contributed by atoms with Crippen LogP contribution >= 0.6 is 11.3 Å². The van der Waals surface area contributed by atoms with Crippen LogP contribution in [-0.2, 0) is 6.42 Å². The first-order valence-corrected chi connectivity index (χ1v) is 7.10. The maximum atomic E-state index is 5.20. The Bertz CT molecular complexity index is 544. The molecule has 2 heterocycles. The van der Waals surface area contributed by atoms with Crippen molar-refractivity contribution >= 4 is 11.3 Å². The first-order valence-electron chi connectivity index (χ1n) is 6.28. The van der Waals surface area contributed by atoms with Gasteiger partial charge in [0.2, 0.25) is 0 Å². The molecule has 1 aliphatic heterocycles. The average molecular weight is 259 g/mol. The molecule has 3 rings (SSSR count). The van der Waals surface area contributed by atoms with Gasteiger partial charge in [-0.3, -0.25) is 0 Å². The summed E-state index contributed by atoms with van der Waals surface area (Å²) in [6.45, 7) is 3.33. The van der Waals surface area contributed by atoms with Crippen LogP contribution in [0.15, 0.2) is 30.3 Å². The number of benzene rings is 1. The smallest absolute Gasteiger partial charge is 0.118 e. The molecular formula is C15H17NOS. The third kappa shape index (κ3) is 2.04. The molecule has 1 atom stereocenters. The molecule has 0 spiro atoms. The van der Waals surface area contributed by atoms with Gasteiger partial charge in [0.05, 0.1) is 7.11 Å². The molecule has 0 saturated heterocycles. The quantitative estimate of drug-likeness (QED) is 0.889. The summed E-state index contributed by atoms with van der Waals surface area (Å²) in [4.78, 5) is 2.89. The molecular weight excluding hydrogens is 242 g/mol. The molecule has 0 radical (unpaired) electrons. The van der Waals surface area contributed by atoms with Gasteiger partial charge in [-0.2, -0.15) is 0 Å². The van der Waals surface area contributed by atoms with Crippen LogP contribution in [0.4, 0.5) is 0 Å². The van der Waals surface area contributed by atoms with E-state index in [-0.39, 0.29) is 0 Å². The molecule has 0 saturated carbocycles. The lowest BCUT2D eigenvalue weighted by molar-refractivity contribution is 0.415. The van der Waals surface area contributed by atoms with Gasteiger partial charge in [0.1, 0.15) is 5.75 Å². The summed E-state index contributed by atoms with van der Waals surface area (Å²) in [7, 11) is 1.70. The Kier molecular flexibility index (Phi) is 3.10. The van der Waals surface area contributed by atoms with Crippen LogP contribution in [0.2, 0.25) is 0 Å². The number of hydrogen-bond acceptors (Lipinski definition) is 3. The van der Waals surface area contributed by atoms with E-state index in [0.717, 1.165) is 18.7 Å². The molecule has 0 aliphatic carbocycles. The van der Waals surface area contributed by atoms with E-state index in [2.05, 4.69) is 30.4 Å². The zero-order valence-corrected chi connectivity index (χ0v) is 11.5. The van der Waals surface area contributed by atoms with Crippen molar-refractivity contribution in [1.29, 1.82) is 0 Å². The van der Waals surface area contributed by atoms with Crippen LogP contribution in [-0.4, -0.2) is 13.7 Å². The van der Waals surface area contributed by atoms with Gasteiger partial charge in [0.25, 0.3) is 0 Å². The minimum atomic E-state index is 0.483. The first kappa shape index (κ1) is 11.8. The van der Waals surface area contributed by atoms with E-state index in [4.69, 9.17) is 4.74 Å². The number of methoxy groups -OCH3 is 1. The number of hydrogen-bond donors (Lipinski definition) is 1. The van der Waals surface area contributed by atoms with Crippen molar-refractivity contribution in [3.63, 3.8) is 0 Å². The van der Waals surface area contributed by atoms with Crippen LogP contribution in [0.25, 0.3) is 10.4 Å². The Balaban J connectivity index is 1.96. The molecule has 18 heavy (non-hydrogen) atoms. The maximum Gasteiger partial charge on any atom is 0.118 e. The van der Waals surface area contributed by atoms with Crippen molar-refractivity contribution in [3.8, 4) is 16.2 Å². The monoisotopic (exact) mass is 259 g/mol. The molecule has 1 unspecified atom stereocenters. The Morgan fingerprint density at radius 3 is 2.72 bits per heavy atom. The fraction of sp³-hybridized carbons (Fsp3) is 0.333. The Labute approximate surface area is 112 Å². The fourth-order valence-corrected chi connectivity index (χ4v) is 3.68. The minimum Gasteiger partial charge on any atom is -0.497 e. The normalized spacial score (nSPS) is 18.4. The second kappa shape index (κ2) is 4.75. The zero-order valence-electron chi connectivity index (χ0n) is 10.7. The largest absolute Gasteiger partial charge is 0.497 e. The van der Waals surface area contributed by atoms with E-state index in [9.17, 15) is 0 Å². The van der Waals surface area contributed by atoms with E-state index in [0.29, 0.717) is 6.04 Å². The Hall–Kier alpha value is -1.32. The van der Waals surface area contributed by atoms with Gasteiger partial charge in [-0.1, -0.05) is 0 Å². The van der Waals surface area contributed by atoms with Crippen molar-refractivity contribution < 1.29 is 4.74 Å². The van der Waals surface area contributed by atoms with Gasteiger partial charge in [0, 0.05) is 22.3 Å². The molecule has 1 N–H and O–H groups in total. The lowest BCUT2D eigenvalue weighted by Crippen LogP contribution is -2.26. The van der Waals surface area contributed by atoms with Crippen molar-refractivity contribution in [1.82, 2.24) is 5.32 Å². The van der Waals surface area contributed by atoms with Gasteiger partial charge >= 0.3 is 0 Å². The fourth-order valence-electron chi connectivity index (χ4n) is 2.41. The third-order valence-corrected chi connectivity index (χ3v) is 4.75. The van der Waals surface area contributed by atoms with Gasteiger partial charge in [0.15, 0.2) is 0 Å². The van der Waals surface area contributed by atoms with Crippen molar-refractivity contribution in [2.45, 2.75) is 19.4 Å². The van der Waals surface area contributed by atoms with Gasteiger partial charge in [-0.15, -0.1) is 11.3 Å². The summed E-state index contributed by atoms with van der Waals surface area (Å²) in [6, 6.07) is 11.1. The number of nitrogens with one attached hydrogen (secondary N) is 1. The van der Waals surface area contributed by atoms with E-state index < -0.39 is 0 Å². The van der Waals surface area contributed by atoms with E-state index in [1.54, 1.807) is 7.11 Å². The van der Waals surface area contributed by atoms with E-state index >= 15 is 0 Å². The summed E-state index contributed by atoms with van der Waals surface area (Å²) in [5, 5.41) is 3.51. The van der Waals surface area contributed by atoms with E-state index in [1.807, 2.05) is 23.5 Å². The lowest BCUT2D eigenvalue weighted by atomic mass is 10.0. The minimum absolute atomic E-state index is 0.483. The molecule has 94 valence electrons. The molecule has 2 nitrogen and oxygen atoms in total. The number of rotatable bonds is 2. The van der Waals surface area contributed by atoms with Gasteiger partial charge < -0.3 is 10.1 Å². The standard InChI is InChI=1S/C15H17NOS/c1-10-13-9-15(18-14(13)7-8-16-10)11-3-5-12(17-2)6-4-11/h3-6,9-10,16H,7-8H2,1-2H3. The molecule has 0 bridgehead atoms. The summed E-state index contributed by atoms with van der Waals surface area (Å²) < 4.78 is 5.20. The predicted molar refractivity (Wildman–Crippen MR) is 76.4 cm³/mol. The Morgan fingerprint density at radius 1 is 1.28 bits per heavy atom. The summed E-state index contributed by atoms with van der Waals surface area (Å²) in [5.74, 6) is 0.912. The van der Waals surface area contributed by atoms with Crippen LogP contribution < -0.4 is 10.1 Å². The van der Waals surface area contributed by atoms with Crippen LogP contribution in [0.1, 0.15) is 23.4 Å². The predicted octanol–water partition coefficient (Wildman–Crippen LogP) is 3.63. The van der Waals surface area contributed by atoms with Crippen molar-refractivity contribution in [3.05, 3.63) is 40.8 Å². The second-order valence-corrected chi connectivity index (χ2v) is 5.78. The number of ether oxygens (including phenoxy) is 1. The first-order chi connectivity index (χ1) is 8.78. The molecule has 0 amide bonds. The summed E-state index contributed by atoms with van der Waals surface area (Å²) in [5.41, 5.74) is 2.75. The van der Waals surface area contributed by atoms with Crippen LogP contribution in [0.3, 0.4) is 0 Å². The summed E-state index contributed by atoms with van der Waals surface area (Å²) >= 11 is 1.92. The summed E-state index contributed by atoms with van der Waals surface area (Å²) in [6.07, 6.45) is 1.15. The van der Waals surface area contributed by atoms with Crippen LogP contribution in [0, 0.1) is 0 Å². The molecule has 1 aromatic carbocycles. The number of thiophene rings is 1. The van der Waals surface area contributed by atoms with E-state index in [1.165, 1.54) is 20.9 Å². The number of fused-ring (bicyclic) bond motifs is 1. The highest BCUT2D eigenvalue weighted by Gasteiger charge is 2.19. The average Bonchev–Trinajstić information content (AvgIpc) is 2.84. The van der Waals surface area contributed by atoms with Crippen molar-refractivity contribution in [2.24, 2.45) is 0 Å². The van der Waals surface area contributed by atoms with Gasteiger partial charge in [-0.25, -0.2) is 0 Å². The topological polar surface area (TPSA) is 21.3 Å². The molecule has 2 aromatic rings. The molecule has 1 aliphatic rings. The second-order valence-electron chi connectivity index (χ2n) is 4.64. The highest BCUT2D eigenvalue weighted by atomic mass is 32.1. The zero-order chi connectivity index (χ0) is 12.5. The lowest BCUT2D eigenvalue weighted by Gasteiger charge is -2.19. The maximum absolute atomic E-state index is 5.20. The third-order valence-electron chi connectivity index (χ3n) is 3.49. The molecule has 1 aromatic heterocycles. The SMILES string of the molecule is COc1ccc(-c2cc3c(s2)CCNC3C)cc1. The van der Waals surface area contributed by atoms with Crippen molar-refractivity contribution in [2.75, 3.05) is 13.7 Å². The molecule has 3 heteroatoms. The highest BCUT2D eigenvalue weighted by Crippen LogP contribution is 2.36. The molecule has 0 fully saturated rings.